The number of halogens is 4. The normalized spacial score (nSPS) is 9.33. The predicted molar refractivity (Wildman–Crippen MR) is 54.3 cm³/mol. The van der Waals surface area contributed by atoms with Crippen molar-refractivity contribution in [3.63, 3.8) is 0 Å². The van der Waals surface area contributed by atoms with E-state index in [0.29, 0.717) is 6.61 Å². The van der Waals surface area contributed by atoms with E-state index in [1.807, 2.05) is 6.92 Å². The molecule has 1 aromatic carbocycles. The Kier molecular flexibility index (Phi) is 10.8. The molecule has 0 aliphatic carbocycles. The Morgan fingerprint density at radius 3 is 1.44 bits per heavy atom. The maximum Gasteiger partial charge on any atom is 0.167 e. The Bertz CT molecular complexity index is 355. The topological polar surface area (TPSA) is 40.5 Å². The largest absolute Gasteiger partial charge is 0.396 e. The molecule has 0 atom stereocenters. The molecule has 0 unspecified atom stereocenters. The second-order valence-electron chi connectivity index (χ2n) is 3.24. The van der Waals surface area contributed by atoms with Gasteiger partial charge < -0.3 is 10.2 Å². The van der Waals surface area contributed by atoms with Gasteiger partial charge in [0.2, 0.25) is 0 Å². The molecule has 0 saturated heterocycles. The van der Waals surface area contributed by atoms with Crippen LogP contribution >= 0.6 is 0 Å². The van der Waals surface area contributed by atoms with Crippen LogP contribution in [0.5, 0.6) is 0 Å². The molecular formula is C11H14F4O2Zr. The minimum Gasteiger partial charge on any atom is -0.396 e. The first kappa shape index (κ1) is 20.1. The summed E-state index contributed by atoms with van der Waals surface area (Å²) in [5, 5.41) is 16.3. The monoisotopic (exact) mass is 344 g/mol. The minimum absolute atomic E-state index is 0. The van der Waals surface area contributed by atoms with E-state index in [0.717, 1.165) is 13.3 Å². The van der Waals surface area contributed by atoms with Gasteiger partial charge in [0, 0.05) is 38.4 Å². The number of hydrogen-bond donors (Lipinski definition) is 2. The summed E-state index contributed by atoms with van der Waals surface area (Å²) in [5.41, 5.74) is -1.72. The molecule has 0 fully saturated rings. The predicted octanol–water partition coefficient (Wildman–Crippen LogP) is 2.43. The summed E-state index contributed by atoms with van der Waals surface area (Å²) in [6, 6.07) is 0. The molecule has 0 radical (unpaired) electrons. The Morgan fingerprint density at radius 2 is 1.22 bits per heavy atom. The van der Waals surface area contributed by atoms with Gasteiger partial charge in [-0.05, 0) is 13.3 Å². The van der Waals surface area contributed by atoms with Crippen molar-refractivity contribution >= 4 is 0 Å². The third-order valence-electron chi connectivity index (χ3n) is 1.96. The van der Waals surface area contributed by atoms with Crippen molar-refractivity contribution in [3.05, 3.63) is 34.4 Å². The van der Waals surface area contributed by atoms with Crippen molar-refractivity contribution in [3.8, 4) is 0 Å². The Hall–Kier alpha value is -0.257. The summed E-state index contributed by atoms with van der Waals surface area (Å²) in [7, 11) is 0. The van der Waals surface area contributed by atoms with E-state index in [9.17, 15) is 17.6 Å². The molecule has 18 heavy (non-hydrogen) atoms. The number of rotatable bonds is 2. The van der Waals surface area contributed by atoms with Crippen LogP contribution in [0.25, 0.3) is 0 Å². The fourth-order valence-electron chi connectivity index (χ4n) is 0.926. The molecule has 2 N–H and O–H groups in total. The number of hydrogen-bond acceptors (Lipinski definition) is 2. The smallest absolute Gasteiger partial charge is 0.167 e. The van der Waals surface area contributed by atoms with Crippen molar-refractivity contribution in [1.82, 2.24) is 0 Å². The van der Waals surface area contributed by atoms with E-state index < -0.39 is 41.0 Å². The summed E-state index contributed by atoms with van der Waals surface area (Å²) in [6.45, 7) is 2.09. The first-order valence-corrected chi connectivity index (χ1v) is 4.95. The van der Waals surface area contributed by atoms with Crippen LogP contribution < -0.4 is 0 Å². The molecule has 0 bridgehead atoms. The van der Waals surface area contributed by atoms with E-state index in [-0.39, 0.29) is 26.2 Å². The van der Waals surface area contributed by atoms with E-state index in [1.54, 1.807) is 0 Å². The van der Waals surface area contributed by atoms with Crippen LogP contribution in [0.4, 0.5) is 17.6 Å². The van der Waals surface area contributed by atoms with E-state index in [1.165, 1.54) is 0 Å². The zero-order valence-electron chi connectivity index (χ0n) is 10.0. The third-order valence-corrected chi connectivity index (χ3v) is 1.96. The van der Waals surface area contributed by atoms with Gasteiger partial charge in [-0.15, -0.1) is 0 Å². The van der Waals surface area contributed by atoms with Gasteiger partial charge >= 0.3 is 0 Å². The van der Waals surface area contributed by atoms with Gasteiger partial charge in [-0.1, -0.05) is 6.92 Å². The zero-order valence-corrected chi connectivity index (χ0v) is 12.5. The number of benzene rings is 1. The summed E-state index contributed by atoms with van der Waals surface area (Å²) >= 11 is 0. The van der Waals surface area contributed by atoms with Crippen LogP contribution in [0, 0.1) is 30.2 Å². The zero-order chi connectivity index (χ0) is 13.6. The maximum absolute atomic E-state index is 12.8. The van der Waals surface area contributed by atoms with Crippen LogP contribution in [0.3, 0.4) is 0 Å². The molecule has 102 valence electrons. The van der Waals surface area contributed by atoms with E-state index in [4.69, 9.17) is 10.2 Å². The molecule has 0 spiro atoms. The molecule has 0 aliphatic rings. The summed E-state index contributed by atoms with van der Waals surface area (Å²) in [6.07, 6.45) is 0.875. The Balaban J connectivity index is 0. The van der Waals surface area contributed by atoms with Crippen molar-refractivity contribution in [2.75, 3.05) is 6.61 Å². The Morgan fingerprint density at radius 1 is 0.889 bits per heavy atom. The summed E-state index contributed by atoms with van der Waals surface area (Å²) in [4.78, 5) is 0. The Labute approximate surface area is 122 Å². The van der Waals surface area contributed by atoms with Crippen LogP contribution in [0.1, 0.15) is 24.5 Å². The quantitative estimate of drug-likeness (QED) is 0.638. The van der Waals surface area contributed by atoms with Crippen molar-refractivity contribution < 1.29 is 54.0 Å². The second kappa shape index (κ2) is 9.64. The fourth-order valence-corrected chi connectivity index (χ4v) is 0.926. The van der Waals surface area contributed by atoms with Crippen LogP contribution in [0.15, 0.2) is 0 Å². The molecule has 0 heterocycles. The second-order valence-corrected chi connectivity index (χ2v) is 3.24. The van der Waals surface area contributed by atoms with Crippen LogP contribution in [-0.2, 0) is 32.8 Å². The molecule has 1 rings (SSSR count). The van der Waals surface area contributed by atoms with Gasteiger partial charge in [0.05, 0.1) is 12.2 Å². The van der Waals surface area contributed by atoms with Gasteiger partial charge in [0.15, 0.2) is 23.3 Å². The fraction of sp³-hybridized carbons (Fsp3) is 0.455. The molecule has 7 heteroatoms. The average Bonchev–Trinajstić information content (AvgIpc) is 2.35. The van der Waals surface area contributed by atoms with Gasteiger partial charge in [0.25, 0.3) is 0 Å². The third kappa shape index (κ3) is 4.78. The molecule has 0 saturated carbocycles. The summed E-state index contributed by atoms with van der Waals surface area (Å²) < 4.78 is 51.0. The van der Waals surface area contributed by atoms with Gasteiger partial charge in [-0.25, -0.2) is 17.6 Å². The first-order valence-electron chi connectivity index (χ1n) is 4.95. The van der Waals surface area contributed by atoms with Gasteiger partial charge in [0.1, 0.15) is 0 Å². The minimum atomic E-state index is -1.54. The molecule has 2 nitrogen and oxygen atoms in total. The van der Waals surface area contributed by atoms with Crippen LogP contribution in [-0.4, -0.2) is 16.8 Å². The average molecular weight is 345 g/mol. The molecular weight excluding hydrogens is 331 g/mol. The first-order chi connectivity index (χ1) is 7.92. The molecule has 0 aliphatic heterocycles. The molecule has 1 aromatic rings. The van der Waals surface area contributed by atoms with Crippen molar-refractivity contribution in [1.29, 1.82) is 0 Å². The standard InChI is InChI=1S/C8H6F4O.C3H8O.Zr/c1-3-5(9)7(11)4(2-13)8(12)6(3)10;1-2-3-4;/h13H,2H2,1H3;4H,2-3H2,1H3;. The number of aliphatic hydroxyl groups excluding tert-OH is 2. The van der Waals surface area contributed by atoms with Gasteiger partial charge in [-0.3, -0.25) is 0 Å². The van der Waals surface area contributed by atoms with Crippen molar-refractivity contribution in [2.45, 2.75) is 26.9 Å². The maximum atomic E-state index is 12.8. The number of aliphatic hydroxyl groups is 2. The van der Waals surface area contributed by atoms with E-state index >= 15 is 0 Å². The van der Waals surface area contributed by atoms with Crippen LogP contribution in [0.2, 0.25) is 0 Å². The van der Waals surface area contributed by atoms with Crippen molar-refractivity contribution in [2.24, 2.45) is 0 Å². The molecule has 0 aromatic heterocycles. The molecule has 0 amide bonds. The van der Waals surface area contributed by atoms with Gasteiger partial charge in [-0.2, -0.15) is 0 Å². The van der Waals surface area contributed by atoms with E-state index in [2.05, 4.69) is 0 Å². The summed E-state index contributed by atoms with van der Waals surface area (Å²) in [5.74, 6) is -6.02. The SMILES string of the molecule is CCCO.Cc1c(F)c(F)c(CO)c(F)c1F.[Zr].